The molecule has 2 aliphatic heterocycles. The molecule has 1 N–H and O–H groups in total. The van der Waals surface area contributed by atoms with Crippen molar-refractivity contribution in [3.63, 3.8) is 0 Å². The first-order chi connectivity index (χ1) is 15.6. The third kappa shape index (κ3) is 4.13. The van der Waals surface area contributed by atoms with Gasteiger partial charge in [0.1, 0.15) is 17.3 Å². The number of likely N-dealkylation sites (tertiary alicyclic amines) is 1. The zero-order valence-electron chi connectivity index (χ0n) is 19.0. The molecule has 3 aromatic rings. The third-order valence-corrected chi connectivity index (χ3v) is 7.07. The molecule has 1 aromatic carbocycles. The van der Waals surface area contributed by atoms with Crippen LogP contribution in [0.2, 0.25) is 0 Å². The van der Waals surface area contributed by atoms with Gasteiger partial charge in [-0.25, -0.2) is 4.98 Å². The van der Waals surface area contributed by atoms with Crippen LogP contribution < -0.4 is 4.74 Å². The highest BCUT2D eigenvalue weighted by Gasteiger charge is 2.27. The minimum absolute atomic E-state index is 0.0836. The number of carbonyl (C=O) groups excluding carboxylic acids is 1. The molecule has 4 heterocycles. The molecule has 7 nitrogen and oxygen atoms in total. The standard InChI is InChI=1S/C25H32N4O3/c1-17-15-26-24(19-7-11-32-12-8-19)29(17)16-18-5-9-28(10-6-18)25(30)23-13-20-3-4-21(31-2)14-22(20)27-23/h3-4,13-15,18-19,27H,5-12,16H2,1-2H3. The van der Waals surface area contributed by atoms with Gasteiger partial charge in [0.2, 0.25) is 0 Å². The number of imidazole rings is 1. The molecule has 0 radical (unpaired) electrons. The first kappa shape index (κ1) is 21.1. The minimum Gasteiger partial charge on any atom is -0.497 e. The molecule has 1 amide bonds. The maximum absolute atomic E-state index is 13.1. The van der Waals surface area contributed by atoms with E-state index in [4.69, 9.17) is 14.5 Å². The molecular formula is C25H32N4O3. The Morgan fingerprint density at radius 1 is 1.19 bits per heavy atom. The van der Waals surface area contributed by atoms with Crippen LogP contribution in [0.5, 0.6) is 5.75 Å². The normalized spacial score (nSPS) is 18.4. The number of piperidine rings is 1. The van der Waals surface area contributed by atoms with Crippen molar-refractivity contribution >= 4 is 16.8 Å². The molecule has 0 bridgehead atoms. The van der Waals surface area contributed by atoms with E-state index >= 15 is 0 Å². The van der Waals surface area contributed by atoms with Gasteiger partial charge >= 0.3 is 0 Å². The molecule has 0 atom stereocenters. The van der Waals surface area contributed by atoms with E-state index in [1.165, 1.54) is 11.5 Å². The van der Waals surface area contributed by atoms with Crippen molar-refractivity contribution in [1.29, 1.82) is 0 Å². The fourth-order valence-corrected chi connectivity index (χ4v) is 5.09. The van der Waals surface area contributed by atoms with Crippen LogP contribution >= 0.6 is 0 Å². The van der Waals surface area contributed by atoms with Gasteiger partial charge in [-0.3, -0.25) is 4.79 Å². The van der Waals surface area contributed by atoms with Crippen LogP contribution in [0.1, 0.15) is 53.6 Å². The largest absolute Gasteiger partial charge is 0.497 e. The molecular weight excluding hydrogens is 404 g/mol. The number of benzene rings is 1. The van der Waals surface area contributed by atoms with E-state index in [0.717, 1.165) is 75.2 Å². The lowest BCUT2D eigenvalue weighted by molar-refractivity contribution is 0.0674. The van der Waals surface area contributed by atoms with Crippen molar-refractivity contribution in [2.45, 2.75) is 45.1 Å². The highest BCUT2D eigenvalue weighted by Crippen LogP contribution is 2.29. The van der Waals surface area contributed by atoms with Crippen molar-refractivity contribution in [2.24, 2.45) is 5.92 Å². The van der Waals surface area contributed by atoms with Crippen molar-refractivity contribution in [3.8, 4) is 5.75 Å². The lowest BCUT2D eigenvalue weighted by Gasteiger charge is -2.33. The van der Waals surface area contributed by atoms with Crippen LogP contribution in [0.3, 0.4) is 0 Å². The van der Waals surface area contributed by atoms with Crippen LogP contribution in [0, 0.1) is 12.8 Å². The summed E-state index contributed by atoms with van der Waals surface area (Å²) in [6.45, 7) is 6.40. The van der Waals surface area contributed by atoms with Gasteiger partial charge in [0.25, 0.3) is 5.91 Å². The average Bonchev–Trinajstić information content (AvgIpc) is 3.42. The predicted molar refractivity (Wildman–Crippen MR) is 123 cm³/mol. The molecule has 2 saturated heterocycles. The first-order valence-corrected chi connectivity index (χ1v) is 11.7. The molecule has 0 aliphatic carbocycles. The number of aryl methyl sites for hydroxylation is 1. The summed E-state index contributed by atoms with van der Waals surface area (Å²) < 4.78 is 13.2. The number of aromatic nitrogens is 3. The number of hydrogen-bond donors (Lipinski definition) is 1. The monoisotopic (exact) mass is 436 g/mol. The topological polar surface area (TPSA) is 72.4 Å². The Kier molecular flexibility index (Phi) is 5.91. The van der Waals surface area contributed by atoms with Crippen LogP contribution in [0.15, 0.2) is 30.5 Å². The molecule has 7 heteroatoms. The summed E-state index contributed by atoms with van der Waals surface area (Å²) in [6, 6.07) is 7.78. The SMILES string of the molecule is COc1ccc2cc(C(=O)N3CCC(Cn4c(C)cnc4C4CCOCC4)CC3)[nH]c2c1. The quantitative estimate of drug-likeness (QED) is 0.653. The van der Waals surface area contributed by atoms with Crippen molar-refractivity contribution in [2.75, 3.05) is 33.4 Å². The number of ether oxygens (including phenoxy) is 2. The van der Waals surface area contributed by atoms with Crippen LogP contribution in [0.4, 0.5) is 0 Å². The molecule has 2 aliphatic rings. The van der Waals surface area contributed by atoms with E-state index in [1.807, 2.05) is 35.4 Å². The zero-order chi connectivity index (χ0) is 22.1. The van der Waals surface area contributed by atoms with E-state index in [-0.39, 0.29) is 5.91 Å². The second kappa shape index (κ2) is 8.98. The zero-order valence-corrected chi connectivity index (χ0v) is 19.0. The second-order valence-corrected chi connectivity index (χ2v) is 9.13. The van der Waals surface area contributed by atoms with E-state index in [1.54, 1.807) is 7.11 Å². The highest BCUT2D eigenvalue weighted by molar-refractivity contribution is 5.98. The molecule has 0 unspecified atom stereocenters. The number of amides is 1. The maximum atomic E-state index is 13.1. The Bertz CT molecular complexity index is 1090. The Labute approximate surface area is 188 Å². The first-order valence-electron chi connectivity index (χ1n) is 11.7. The number of fused-ring (bicyclic) bond motifs is 1. The van der Waals surface area contributed by atoms with Crippen LogP contribution in [-0.2, 0) is 11.3 Å². The predicted octanol–water partition coefficient (Wildman–Crippen LogP) is 4.13. The van der Waals surface area contributed by atoms with Gasteiger partial charge < -0.3 is 23.9 Å². The Morgan fingerprint density at radius 3 is 2.72 bits per heavy atom. The highest BCUT2D eigenvalue weighted by atomic mass is 16.5. The summed E-state index contributed by atoms with van der Waals surface area (Å²) >= 11 is 0. The molecule has 0 saturated carbocycles. The van der Waals surface area contributed by atoms with E-state index in [2.05, 4.69) is 16.5 Å². The van der Waals surface area contributed by atoms with Crippen molar-refractivity contribution in [1.82, 2.24) is 19.4 Å². The summed E-state index contributed by atoms with van der Waals surface area (Å²) in [5.41, 5.74) is 2.82. The fourth-order valence-electron chi connectivity index (χ4n) is 5.09. The summed E-state index contributed by atoms with van der Waals surface area (Å²) in [4.78, 5) is 23.1. The molecule has 2 aromatic heterocycles. The van der Waals surface area contributed by atoms with Crippen LogP contribution in [-0.4, -0.2) is 58.8 Å². The number of rotatable bonds is 5. The van der Waals surface area contributed by atoms with Crippen molar-refractivity contribution in [3.05, 3.63) is 47.7 Å². The van der Waals surface area contributed by atoms with E-state index < -0.39 is 0 Å². The van der Waals surface area contributed by atoms with Crippen LogP contribution in [0.25, 0.3) is 10.9 Å². The van der Waals surface area contributed by atoms with Gasteiger partial charge in [-0.05, 0) is 56.7 Å². The van der Waals surface area contributed by atoms with Gasteiger partial charge in [-0.1, -0.05) is 0 Å². The van der Waals surface area contributed by atoms with Crippen molar-refractivity contribution < 1.29 is 14.3 Å². The number of nitrogens with zero attached hydrogens (tertiary/aromatic N) is 3. The van der Waals surface area contributed by atoms with Gasteiger partial charge in [-0.2, -0.15) is 0 Å². The number of carbonyl (C=O) groups is 1. The lowest BCUT2D eigenvalue weighted by atomic mass is 9.95. The van der Waals surface area contributed by atoms with Gasteiger partial charge in [0.15, 0.2) is 0 Å². The summed E-state index contributed by atoms with van der Waals surface area (Å²) in [7, 11) is 1.65. The molecule has 170 valence electrons. The maximum Gasteiger partial charge on any atom is 0.270 e. The molecule has 0 spiro atoms. The number of nitrogens with one attached hydrogen (secondary N) is 1. The number of H-pyrrole nitrogens is 1. The second-order valence-electron chi connectivity index (χ2n) is 9.13. The van der Waals surface area contributed by atoms with E-state index in [9.17, 15) is 4.79 Å². The lowest BCUT2D eigenvalue weighted by Crippen LogP contribution is -2.39. The van der Waals surface area contributed by atoms with Gasteiger partial charge in [-0.15, -0.1) is 0 Å². The van der Waals surface area contributed by atoms with Gasteiger partial charge in [0.05, 0.1) is 7.11 Å². The Morgan fingerprint density at radius 2 is 1.97 bits per heavy atom. The molecule has 32 heavy (non-hydrogen) atoms. The van der Waals surface area contributed by atoms with E-state index in [0.29, 0.717) is 17.5 Å². The average molecular weight is 437 g/mol. The third-order valence-electron chi connectivity index (χ3n) is 7.07. The Hall–Kier alpha value is -2.80. The smallest absolute Gasteiger partial charge is 0.270 e. The summed E-state index contributed by atoms with van der Waals surface area (Å²) in [5, 5.41) is 1.03. The molecule has 2 fully saturated rings. The number of methoxy groups -OCH3 is 1. The number of hydrogen-bond acceptors (Lipinski definition) is 4. The summed E-state index contributed by atoms with van der Waals surface area (Å²) in [5.74, 6) is 3.16. The van der Waals surface area contributed by atoms with Gasteiger partial charge in [0, 0.05) is 67.6 Å². The number of aromatic amines is 1. The fraction of sp³-hybridized carbons (Fsp3) is 0.520. The summed E-state index contributed by atoms with van der Waals surface area (Å²) in [6.07, 6.45) is 6.16. The minimum atomic E-state index is 0.0836. The Balaban J connectivity index is 1.22. The molecule has 5 rings (SSSR count).